The minimum absolute atomic E-state index is 0.144. The van der Waals surface area contributed by atoms with Gasteiger partial charge in [-0.2, -0.15) is 0 Å². The summed E-state index contributed by atoms with van der Waals surface area (Å²) < 4.78 is 23.3. The monoisotopic (exact) mass is 450 g/mol. The maximum atomic E-state index is 12.4. The number of fused-ring (bicyclic) bond motifs is 1. The highest BCUT2D eigenvalue weighted by atomic mass is 16.8. The van der Waals surface area contributed by atoms with E-state index in [4.69, 9.17) is 18.9 Å². The smallest absolute Gasteiger partial charge is 0.302 e. The van der Waals surface area contributed by atoms with Crippen molar-refractivity contribution < 1.29 is 28.5 Å². The number of carbonyl (C=O) groups excluding carboxylic acids is 2. The van der Waals surface area contributed by atoms with Gasteiger partial charge in [-0.15, -0.1) is 0 Å². The van der Waals surface area contributed by atoms with Crippen molar-refractivity contribution in [1.82, 2.24) is 15.6 Å². The van der Waals surface area contributed by atoms with Gasteiger partial charge in [0, 0.05) is 32.8 Å². The van der Waals surface area contributed by atoms with Gasteiger partial charge in [0.25, 0.3) is 0 Å². The Labute approximate surface area is 188 Å². The third-order valence-electron chi connectivity index (χ3n) is 5.20. The van der Waals surface area contributed by atoms with Gasteiger partial charge in [-0.3, -0.25) is 9.59 Å². The molecule has 32 heavy (non-hydrogen) atoms. The number of aromatic nitrogens is 1. The highest BCUT2D eigenvalue weighted by Crippen LogP contribution is 2.39. The van der Waals surface area contributed by atoms with Gasteiger partial charge in [0.1, 0.15) is 24.1 Å². The largest absolute Gasteiger partial charge is 0.461 e. The summed E-state index contributed by atoms with van der Waals surface area (Å²) in [5.74, 6) is -0.460. The fraction of sp³-hybridized carbons (Fsp3) is 0.682. The van der Waals surface area contributed by atoms with Crippen molar-refractivity contribution in [2.75, 3.05) is 31.5 Å². The number of hydrogen-bond donors (Lipinski definition) is 3. The molecule has 0 aromatic carbocycles. The number of pyridine rings is 1. The second-order valence-electron chi connectivity index (χ2n) is 8.55. The number of carbonyl (C=O) groups is 2. The molecular weight excluding hydrogens is 416 g/mol. The second-order valence-corrected chi connectivity index (χ2v) is 8.55. The molecule has 0 saturated carbocycles. The first-order valence-corrected chi connectivity index (χ1v) is 11.0. The number of nitrogens with one attached hydrogen (secondary N) is 3. The van der Waals surface area contributed by atoms with Crippen molar-refractivity contribution in [3.8, 4) is 0 Å². The summed E-state index contributed by atoms with van der Waals surface area (Å²) in [7, 11) is 0. The highest BCUT2D eigenvalue weighted by molar-refractivity contribution is 5.76. The minimum atomic E-state index is -0.726. The lowest BCUT2D eigenvalue weighted by atomic mass is 10.1. The molecular formula is C22H34N4O6. The summed E-state index contributed by atoms with van der Waals surface area (Å²) in [5.41, 5.74) is 0. The molecule has 3 N–H and O–H groups in total. The van der Waals surface area contributed by atoms with Crippen LogP contribution in [0, 0.1) is 0 Å². The SMILES string of the molecule is CC(=O)O[C@H](C)CNC(=O)C[C@H]1O[C@@H](CNCCNc2ccccn2)[C@H]2OC(C)(C)O[C@H]21. The molecule has 2 fully saturated rings. The average Bonchev–Trinajstić information content (AvgIpc) is 3.20. The quantitative estimate of drug-likeness (QED) is 0.332. The zero-order valence-electron chi connectivity index (χ0n) is 19.1. The first kappa shape index (κ1) is 24.4. The van der Waals surface area contributed by atoms with Crippen molar-refractivity contribution in [2.24, 2.45) is 0 Å². The Morgan fingerprint density at radius 1 is 1.19 bits per heavy atom. The van der Waals surface area contributed by atoms with Crippen LogP contribution in [0.4, 0.5) is 5.82 Å². The van der Waals surface area contributed by atoms with Crippen LogP contribution in [0.15, 0.2) is 24.4 Å². The molecule has 5 atom stereocenters. The molecule has 0 aliphatic carbocycles. The molecule has 0 radical (unpaired) electrons. The Bertz CT molecular complexity index is 762. The van der Waals surface area contributed by atoms with Crippen LogP contribution in [-0.2, 0) is 28.5 Å². The van der Waals surface area contributed by atoms with Crippen molar-refractivity contribution in [2.45, 2.75) is 70.4 Å². The first-order valence-electron chi connectivity index (χ1n) is 11.0. The lowest BCUT2D eigenvalue weighted by Crippen LogP contribution is -2.39. The van der Waals surface area contributed by atoms with E-state index in [2.05, 4.69) is 20.9 Å². The summed E-state index contributed by atoms with van der Waals surface area (Å²) in [4.78, 5) is 27.7. The summed E-state index contributed by atoms with van der Waals surface area (Å²) in [6.07, 6.45) is 0.285. The predicted molar refractivity (Wildman–Crippen MR) is 117 cm³/mol. The van der Waals surface area contributed by atoms with Gasteiger partial charge in [-0.1, -0.05) is 6.07 Å². The Morgan fingerprint density at radius 2 is 1.94 bits per heavy atom. The zero-order chi connectivity index (χ0) is 23.1. The van der Waals surface area contributed by atoms with E-state index in [0.717, 1.165) is 12.4 Å². The zero-order valence-corrected chi connectivity index (χ0v) is 19.1. The van der Waals surface area contributed by atoms with E-state index in [1.54, 1.807) is 13.1 Å². The molecule has 2 saturated heterocycles. The van der Waals surface area contributed by atoms with Gasteiger partial charge in [0.2, 0.25) is 5.91 Å². The normalized spacial score (nSPS) is 26.9. The first-order chi connectivity index (χ1) is 15.2. The van der Waals surface area contributed by atoms with Crippen LogP contribution in [0.5, 0.6) is 0 Å². The van der Waals surface area contributed by atoms with Crippen molar-refractivity contribution in [3.05, 3.63) is 24.4 Å². The number of amides is 1. The molecule has 0 spiro atoms. The fourth-order valence-electron chi connectivity index (χ4n) is 3.93. The van der Waals surface area contributed by atoms with E-state index in [-0.39, 0.29) is 43.2 Å². The van der Waals surface area contributed by atoms with Crippen molar-refractivity contribution in [3.63, 3.8) is 0 Å². The number of nitrogens with zero attached hydrogens (tertiary/aromatic N) is 1. The van der Waals surface area contributed by atoms with Crippen LogP contribution >= 0.6 is 0 Å². The maximum absolute atomic E-state index is 12.4. The molecule has 10 nitrogen and oxygen atoms in total. The molecule has 1 aromatic rings. The number of ether oxygens (including phenoxy) is 4. The van der Waals surface area contributed by atoms with E-state index in [9.17, 15) is 9.59 Å². The molecule has 178 valence electrons. The van der Waals surface area contributed by atoms with Gasteiger partial charge < -0.3 is 34.9 Å². The summed E-state index contributed by atoms with van der Waals surface area (Å²) in [6.45, 7) is 9.05. The van der Waals surface area contributed by atoms with E-state index < -0.39 is 18.0 Å². The van der Waals surface area contributed by atoms with Gasteiger partial charge >= 0.3 is 5.97 Å². The number of esters is 1. The Kier molecular flexibility index (Phi) is 8.41. The van der Waals surface area contributed by atoms with Crippen LogP contribution < -0.4 is 16.0 Å². The predicted octanol–water partition coefficient (Wildman–Crippen LogP) is 0.829. The molecule has 2 aliphatic heterocycles. The molecule has 3 rings (SSSR count). The Hall–Kier alpha value is -2.27. The lowest BCUT2D eigenvalue weighted by Gasteiger charge is -2.24. The Morgan fingerprint density at radius 3 is 2.62 bits per heavy atom. The van der Waals surface area contributed by atoms with Crippen LogP contribution in [0.25, 0.3) is 0 Å². The molecule has 1 amide bonds. The van der Waals surface area contributed by atoms with E-state index in [0.29, 0.717) is 13.1 Å². The van der Waals surface area contributed by atoms with Crippen LogP contribution in [0.1, 0.15) is 34.1 Å². The topological polar surface area (TPSA) is 120 Å². The second kappa shape index (κ2) is 11.0. The van der Waals surface area contributed by atoms with Gasteiger partial charge in [0.05, 0.1) is 25.2 Å². The van der Waals surface area contributed by atoms with Crippen LogP contribution in [0.2, 0.25) is 0 Å². The molecule has 2 aliphatic rings. The molecule has 3 heterocycles. The van der Waals surface area contributed by atoms with Gasteiger partial charge in [-0.05, 0) is 32.9 Å². The van der Waals surface area contributed by atoms with Crippen molar-refractivity contribution >= 4 is 17.7 Å². The summed E-state index contributed by atoms with van der Waals surface area (Å²) >= 11 is 0. The minimum Gasteiger partial charge on any atom is -0.461 e. The summed E-state index contributed by atoms with van der Waals surface area (Å²) in [5, 5.41) is 9.40. The highest BCUT2D eigenvalue weighted by Gasteiger charge is 2.55. The number of hydrogen-bond acceptors (Lipinski definition) is 9. The fourth-order valence-corrected chi connectivity index (χ4v) is 3.93. The third kappa shape index (κ3) is 7.13. The Balaban J connectivity index is 1.44. The molecule has 1 aromatic heterocycles. The van der Waals surface area contributed by atoms with Crippen LogP contribution in [0.3, 0.4) is 0 Å². The third-order valence-corrected chi connectivity index (χ3v) is 5.20. The van der Waals surface area contributed by atoms with Crippen LogP contribution in [-0.4, -0.2) is 79.3 Å². The molecule has 0 unspecified atom stereocenters. The van der Waals surface area contributed by atoms with E-state index in [1.807, 2.05) is 32.0 Å². The summed E-state index contributed by atoms with van der Waals surface area (Å²) in [6, 6.07) is 5.72. The van der Waals surface area contributed by atoms with E-state index >= 15 is 0 Å². The standard InChI is InChI=1S/C22H34N4O6/c1-14(29-15(2)27)12-26-19(28)11-16-20-21(32-22(3,4)31-20)17(30-16)13-23-9-10-25-18-7-5-6-8-24-18/h5-8,14,16-17,20-21,23H,9-13H2,1-4H3,(H,24,25)(H,26,28)/t14-,16-,17+,20+,21-/m1/s1. The molecule has 0 bridgehead atoms. The van der Waals surface area contributed by atoms with Crippen molar-refractivity contribution in [1.29, 1.82) is 0 Å². The molecule has 10 heteroatoms. The maximum Gasteiger partial charge on any atom is 0.302 e. The van der Waals surface area contributed by atoms with E-state index in [1.165, 1.54) is 6.92 Å². The van der Waals surface area contributed by atoms with Gasteiger partial charge in [0.15, 0.2) is 5.79 Å². The number of rotatable bonds is 11. The van der Waals surface area contributed by atoms with Gasteiger partial charge in [-0.25, -0.2) is 4.98 Å². The number of anilines is 1. The lowest BCUT2D eigenvalue weighted by molar-refractivity contribution is -0.187. The average molecular weight is 451 g/mol.